The van der Waals surface area contributed by atoms with E-state index in [1.807, 2.05) is 43.3 Å². The van der Waals surface area contributed by atoms with E-state index in [4.69, 9.17) is 17.0 Å². The Kier molecular flexibility index (Phi) is 6.39. The van der Waals surface area contributed by atoms with Crippen molar-refractivity contribution in [1.82, 2.24) is 9.88 Å². The van der Waals surface area contributed by atoms with E-state index < -0.39 is 0 Å². The lowest BCUT2D eigenvalue weighted by Gasteiger charge is -2.28. The Morgan fingerprint density at radius 1 is 1.19 bits per heavy atom. The first kappa shape index (κ1) is 21.5. The summed E-state index contributed by atoms with van der Waals surface area (Å²) in [6.45, 7) is 8.04. The zero-order valence-corrected chi connectivity index (χ0v) is 19.1. The van der Waals surface area contributed by atoms with Crippen LogP contribution in [0.1, 0.15) is 35.1 Å². The Hall–Kier alpha value is -2.70. The van der Waals surface area contributed by atoms with E-state index in [-0.39, 0.29) is 11.7 Å². The maximum Gasteiger partial charge on any atom is 0.253 e. The maximum atomic E-state index is 12.9. The average Bonchev–Trinajstić information content (AvgIpc) is 3.25. The molecular weight excluding hydrogens is 406 g/mol. The van der Waals surface area contributed by atoms with Crippen LogP contribution in [-0.2, 0) is 11.3 Å². The molecule has 2 aromatic carbocycles. The standard InChI is InChI=1S/C25H29N3O2S/c1-16-7-5-11-22(18(16)3)26-25(31)28(15-21-10-6-12-30-21)14-20-13-19-9-4-8-17(2)23(19)27-24(20)29/h4-5,7-9,11,13,21H,6,10,12,14-15H2,1-3H3,(H,26,31)(H,27,29)/t21-/m0/s1. The van der Waals surface area contributed by atoms with E-state index in [1.165, 1.54) is 11.1 Å². The fourth-order valence-corrected chi connectivity index (χ4v) is 4.33. The van der Waals surface area contributed by atoms with Crippen LogP contribution in [0.2, 0.25) is 0 Å². The zero-order valence-electron chi connectivity index (χ0n) is 18.3. The molecule has 6 heteroatoms. The summed E-state index contributed by atoms with van der Waals surface area (Å²) in [6, 6.07) is 14.2. The summed E-state index contributed by atoms with van der Waals surface area (Å²) in [5.41, 5.74) is 5.93. The largest absolute Gasteiger partial charge is 0.376 e. The molecule has 3 aromatic rings. The number of fused-ring (bicyclic) bond motifs is 1. The van der Waals surface area contributed by atoms with Crippen molar-refractivity contribution in [3.05, 3.63) is 75.1 Å². The highest BCUT2D eigenvalue weighted by Crippen LogP contribution is 2.21. The number of ether oxygens (including phenoxy) is 1. The topological polar surface area (TPSA) is 57.4 Å². The highest BCUT2D eigenvalue weighted by molar-refractivity contribution is 7.80. The van der Waals surface area contributed by atoms with Crippen LogP contribution in [0.25, 0.3) is 10.9 Å². The summed E-state index contributed by atoms with van der Waals surface area (Å²) in [6.07, 6.45) is 2.20. The fourth-order valence-electron chi connectivity index (χ4n) is 4.09. The van der Waals surface area contributed by atoms with Crippen molar-refractivity contribution < 1.29 is 4.74 Å². The van der Waals surface area contributed by atoms with Crippen molar-refractivity contribution in [2.75, 3.05) is 18.5 Å². The minimum absolute atomic E-state index is 0.0753. The molecule has 0 unspecified atom stereocenters. The molecule has 1 saturated heterocycles. The van der Waals surface area contributed by atoms with E-state index in [2.05, 4.69) is 35.1 Å². The quantitative estimate of drug-likeness (QED) is 0.562. The third-order valence-corrected chi connectivity index (χ3v) is 6.47. The van der Waals surface area contributed by atoms with E-state index in [9.17, 15) is 4.79 Å². The van der Waals surface area contributed by atoms with Crippen molar-refractivity contribution in [3.8, 4) is 0 Å². The van der Waals surface area contributed by atoms with E-state index in [0.717, 1.165) is 41.6 Å². The first-order chi connectivity index (χ1) is 14.9. The number of thiocarbonyl (C=S) groups is 1. The molecule has 0 amide bonds. The number of benzene rings is 2. The number of H-pyrrole nitrogens is 1. The van der Waals surface area contributed by atoms with Crippen LogP contribution >= 0.6 is 12.2 Å². The van der Waals surface area contributed by atoms with Gasteiger partial charge in [-0.2, -0.15) is 0 Å². The molecule has 0 aliphatic carbocycles. The van der Waals surface area contributed by atoms with E-state index in [1.54, 1.807) is 0 Å². The van der Waals surface area contributed by atoms with Crippen LogP contribution in [0.5, 0.6) is 0 Å². The lowest BCUT2D eigenvalue weighted by Crippen LogP contribution is -2.40. The molecule has 31 heavy (non-hydrogen) atoms. The molecule has 2 N–H and O–H groups in total. The van der Waals surface area contributed by atoms with Crippen molar-refractivity contribution in [1.29, 1.82) is 0 Å². The summed E-state index contributed by atoms with van der Waals surface area (Å²) in [4.78, 5) is 18.0. The maximum absolute atomic E-state index is 12.9. The predicted octanol–water partition coefficient (Wildman–Crippen LogP) is 4.83. The van der Waals surface area contributed by atoms with Crippen molar-refractivity contribution in [2.45, 2.75) is 46.3 Å². The Morgan fingerprint density at radius 2 is 1.97 bits per heavy atom. The third kappa shape index (κ3) is 4.81. The number of rotatable bonds is 5. The second-order valence-corrected chi connectivity index (χ2v) is 8.74. The van der Waals surface area contributed by atoms with Gasteiger partial charge in [0, 0.05) is 24.4 Å². The highest BCUT2D eigenvalue weighted by atomic mass is 32.1. The third-order valence-electron chi connectivity index (χ3n) is 6.11. The molecule has 162 valence electrons. The van der Waals surface area contributed by atoms with Crippen molar-refractivity contribution in [3.63, 3.8) is 0 Å². The first-order valence-corrected chi connectivity index (χ1v) is 11.2. The molecular formula is C25H29N3O2S. The van der Waals surface area contributed by atoms with Crippen LogP contribution in [0.15, 0.2) is 47.3 Å². The van der Waals surface area contributed by atoms with E-state index in [0.29, 0.717) is 23.8 Å². The first-order valence-electron chi connectivity index (χ1n) is 10.8. The molecule has 0 saturated carbocycles. The minimum atomic E-state index is -0.0753. The predicted molar refractivity (Wildman–Crippen MR) is 131 cm³/mol. The lowest BCUT2D eigenvalue weighted by molar-refractivity contribution is 0.0904. The van der Waals surface area contributed by atoms with Crippen molar-refractivity contribution >= 4 is 33.9 Å². The Labute approximate surface area is 188 Å². The SMILES string of the molecule is Cc1cccc(NC(=S)N(Cc2cc3cccc(C)c3[nH]c2=O)C[C@@H]2CCCO2)c1C. The molecule has 0 bridgehead atoms. The van der Waals surface area contributed by atoms with Gasteiger partial charge < -0.3 is 19.9 Å². The number of nitrogens with one attached hydrogen (secondary N) is 2. The number of pyridine rings is 1. The van der Waals surface area contributed by atoms with Crippen LogP contribution in [-0.4, -0.2) is 34.3 Å². The number of anilines is 1. The van der Waals surface area contributed by atoms with Gasteiger partial charge in [-0.05, 0) is 80.0 Å². The van der Waals surface area contributed by atoms with Gasteiger partial charge in [-0.15, -0.1) is 0 Å². The van der Waals surface area contributed by atoms with Gasteiger partial charge in [0.25, 0.3) is 5.56 Å². The van der Waals surface area contributed by atoms with E-state index >= 15 is 0 Å². The number of hydrogen-bond donors (Lipinski definition) is 2. The summed E-state index contributed by atoms with van der Waals surface area (Å²) in [7, 11) is 0. The number of aryl methyl sites for hydroxylation is 2. The number of hydrogen-bond acceptors (Lipinski definition) is 3. The summed E-state index contributed by atoms with van der Waals surface area (Å²) >= 11 is 5.80. The van der Waals surface area contributed by atoms with Gasteiger partial charge in [0.2, 0.25) is 0 Å². The summed E-state index contributed by atoms with van der Waals surface area (Å²) in [5.74, 6) is 0. The second-order valence-electron chi connectivity index (χ2n) is 8.36. The highest BCUT2D eigenvalue weighted by Gasteiger charge is 2.22. The average molecular weight is 436 g/mol. The van der Waals surface area contributed by atoms with Crippen LogP contribution in [0.3, 0.4) is 0 Å². The normalized spacial score (nSPS) is 15.9. The fraction of sp³-hybridized carbons (Fsp3) is 0.360. The Bertz CT molecular complexity index is 1170. The van der Waals surface area contributed by atoms with Crippen molar-refractivity contribution in [2.24, 2.45) is 0 Å². The van der Waals surface area contributed by atoms with Gasteiger partial charge in [0.15, 0.2) is 5.11 Å². The molecule has 1 aromatic heterocycles. The number of aromatic amines is 1. The van der Waals surface area contributed by atoms with Gasteiger partial charge in [-0.1, -0.05) is 30.3 Å². The van der Waals surface area contributed by atoms with Gasteiger partial charge in [-0.25, -0.2) is 0 Å². The molecule has 1 fully saturated rings. The number of nitrogens with zero attached hydrogens (tertiary/aromatic N) is 1. The summed E-state index contributed by atoms with van der Waals surface area (Å²) in [5, 5.41) is 5.03. The van der Waals surface area contributed by atoms with Gasteiger partial charge in [-0.3, -0.25) is 4.79 Å². The van der Waals surface area contributed by atoms with Crippen LogP contribution in [0, 0.1) is 20.8 Å². The Balaban J connectivity index is 1.62. The van der Waals surface area contributed by atoms with Gasteiger partial charge in [0.1, 0.15) is 0 Å². The molecule has 0 radical (unpaired) electrons. The monoisotopic (exact) mass is 435 g/mol. The van der Waals surface area contributed by atoms with Gasteiger partial charge in [0.05, 0.1) is 18.2 Å². The number of para-hydroxylation sites is 1. The van der Waals surface area contributed by atoms with Crippen LogP contribution < -0.4 is 10.9 Å². The lowest BCUT2D eigenvalue weighted by atomic mass is 10.1. The molecule has 1 atom stereocenters. The molecule has 4 rings (SSSR count). The second kappa shape index (κ2) is 9.20. The molecule has 1 aliphatic rings. The zero-order chi connectivity index (χ0) is 22.0. The molecule has 2 heterocycles. The molecule has 0 spiro atoms. The smallest absolute Gasteiger partial charge is 0.253 e. The van der Waals surface area contributed by atoms with Crippen LogP contribution in [0.4, 0.5) is 5.69 Å². The number of aromatic nitrogens is 1. The Morgan fingerprint density at radius 3 is 2.74 bits per heavy atom. The minimum Gasteiger partial charge on any atom is -0.376 e. The summed E-state index contributed by atoms with van der Waals surface area (Å²) < 4.78 is 5.87. The van der Waals surface area contributed by atoms with Gasteiger partial charge >= 0.3 is 0 Å². The molecule has 5 nitrogen and oxygen atoms in total. The molecule has 1 aliphatic heterocycles.